The number of hydrogen-bond acceptors (Lipinski definition) is 4. The Bertz CT molecular complexity index is 542. The number of methoxy groups -OCH3 is 1. The average molecular weight is 327 g/mol. The van der Waals surface area contributed by atoms with Gasteiger partial charge in [0.25, 0.3) is 0 Å². The van der Waals surface area contributed by atoms with Gasteiger partial charge in [0, 0.05) is 25.3 Å². The van der Waals surface area contributed by atoms with Crippen LogP contribution in [0.3, 0.4) is 0 Å². The smallest absolute Gasteiger partial charge is 0.143 e. The van der Waals surface area contributed by atoms with Crippen LogP contribution in [0, 0.1) is 0 Å². The molecule has 0 spiro atoms. The van der Waals surface area contributed by atoms with Crippen molar-refractivity contribution in [1.29, 1.82) is 0 Å². The Morgan fingerprint density at radius 2 is 2.17 bits per heavy atom. The Balaban J connectivity index is 2.15. The van der Waals surface area contributed by atoms with Crippen LogP contribution in [0.2, 0.25) is 0 Å². The fourth-order valence-corrected chi connectivity index (χ4v) is 2.93. The van der Waals surface area contributed by atoms with Gasteiger partial charge in [-0.1, -0.05) is 0 Å². The molecule has 0 fully saturated rings. The zero-order chi connectivity index (χ0) is 13.1. The van der Waals surface area contributed by atoms with Crippen LogP contribution in [-0.4, -0.2) is 14.2 Å². The molecule has 0 saturated carbocycles. The summed E-state index contributed by atoms with van der Waals surface area (Å²) in [4.78, 5) is 2.16. The molecule has 0 aliphatic rings. The molecule has 5 heteroatoms. The highest BCUT2D eigenvalue weighted by atomic mass is 79.9. The third-order valence-electron chi connectivity index (χ3n) is 2.70. The van der Waals surface area contributed by atoms with Gasteiger partial charge in [0.05, 0.1) is 16.6 Å². The normalized spacial score (nSPS) is 10.4. The molecule has 0 amide bonds. The first-order chi connectivity index (χ1) is 8.60. The summed E-state index contributed by atoms with van der Waals surface area (Å²) in [6.45, 7) is 0.856. The number of benzene rings is 1. The fourth-order valence-electron chi connectivity index (χ4n) is 1.73. The van der Waals surface area contributed by atoms with E-state index in [2.05, 4.69) is 39.3 Å². The largest absolute Gasteiger partial charge is 0.495 e. The maximum Gasteiger partial charge on any atom is 0.143 e. The van der Waals surface area contributed by atoms with Gasteiger partial charge in [-0.15, -0.1) is 11.3 Å². The quantitative estimate of drug-likeness (QED) is 0.870. The molecule has 3 nitrogen and oxygen atoms in total. The molecular formula is C13H15BrN2OS. The van der Waals surface area contributed by atoms with Crippen LogP contribution in [0.5, 0.6) is 5.75 Å². The first-order valence-electron chi connectivity index (χ1n) is 5.47. The molecule has 0 bridgehead atoms. The Kier molecular flexibility index (Phi) is 4.14. The monoisotopic (exact) mass is 326 g/mol. The minimum absolute atomic E-state index is 0.660. The molecule has 96 valence electrons. The van der Waals surface area contributed by atoms with Crippen molar-refractivity contribution in [3.63, 3.8) is 0 Å². The number of nitrogens with zero attached hydrogens (tertiary/aromatic N) is 1. The third-order valence-corrected chi connectivity index (χ3v) is 4.25. The molecule has 2 N–H and O–H groups in total. The second-order valence-corrected chi connectivity index (χ2v) is 6.33. The second kappa shape index (κ2) is 5.63. The molecule has 0 atom stereocenters. The van der Waals surface area contributed by atoms with E-state index in [4.69, 9.17) is 10.5 Å². The Morgan fingerprint density at radius 3 is 2.78 bits per heavy atom. The van der Waals surface area contributed by atoms with Crippen LogP contribution in [-0.2, 0) is 6.54 Å². The highest BCUT2D eigenvalue weighted by Crippen LogP contribution is 2.28. The number of nitrogen functional groups attached to an aromatic ring is 1. The lowest BCUT2D eigenvalue weighted by Crippen LogP contribution is -2.16. The van der Waals surface area contributed by atoms with Crippen molar-refractivity contribution < 1.29 is 4.74 Å². The van der Waals surface area contributed by atoms with E-state index >= 15 is 0 Å². The van der Waals surface area contributed by atoms with Gasteiger partial charge < -0.3 is 15.4 Å². The summed E-state index contributed by atoms with van der Waals surface area (Å²) in [6, 6.07) is 7.96. The number of nitrogens with two attached hydrogens (primary N) is 1. The standard InChI is InChI=1S/C13H15BrN2OS/c1-16(7-9-5-13(14)18-8-9)10-3-4-11(15)12(6-10)17-2/h3-6,8H,7,15H2,1-2H3. The molecular weight excluding hydrogens is 312 g/mol. The van der Waals surface area contributed by atoms with Crippen LogP contribution in [0.1, 0.15) is 5.56 Å². The van der Waals surface area contributed by atoms with Crippen LogP contribution in [0.25, 0.3) is 0 Å². The predicted molar refractivity (Wildman–Crippen MR) is 81.5 cm³/mol. The summed E-state index contributed by atoms with van der Waals surface area (Å²) in [5.74, 6) is 0.714. The summed E-state index contributed by atoms with van der Waals surface area (Å²) >= 11 is 5.17. The highest BCUT2D eigenvalue weighted by Gasteiger charge is 2.07. The maximum atomic E-state index is 5.81. The van der Waals surface area contributed by atoms with E-state index in [1.165, 1.54) is 5.56 Å². The van der Waals surface area contributed by atoms with Crippen molar-refractivity contribution >= 4 is 38.6 Å². The van der Waals surface area contributed by atoms with Crippen LogP contribution in [0.15, 0.2) is 33.4 Å². The SMILES string of the molecule is COc1cc(N(C)Cc2csc(Br)c2)ccc1N. The summed E-state index contributed by atoms with van der Waals surface area (Å²) in [5, 5.41) is 2.15. The minimum atomic E-state index is 0.660. The van der Waals surface area contributed by atoms with Gasteiger partial charge in [0.2, 0.25) is 0 Å². The highest BCUT2D eigenvalue weighted by molar-refractivity contribution is 9.11. The van der Waals surface area contributed by atoms with Gasteiger partial charge in [-0.2, -0.15) is 0 Å². The number of halogens is 1. The molecule has 1 heterocycles. The van der Waals surface area contributed by atoms with Crippen molar-refractivity contribution in [3.8, 4) is 5.75 Å². The van der Waals surface area contributed by atoms with Crippen molar-refractivity contribution in [2.75, 3.05) is 24.8 Å². The van der Waals surface area contributed by atoms with Gasteiger partial charge in [0.15, 0.2) is 0 Å². The Hall–Kier alpha value is -1.20. The molecule has 0 aliphatic heterocycles. The van der Waals surface area contributed by atoms with E-state index in [1.54, 1.807) is 18.4 Å². The van der Waals surface area contributed by atoms with E-state index in [1.807, 2.05) is 18.2 Å². The fraction of sp³-hybridized carbons (Fsp3) is 0.231. The van der Waals surface area contributed by atoms with Crippen LogP contribution >= 0.6 is 27.3 Å². The first kappa shape index (κ1) is 13.2. The maximum absolute atomic E-state index is 5.81. The van der Waals surface area contributed by atoms with Crippen molar-refractivity contribution in [1.82, 2.24) is 0 Å². The number of hydrogen-bond donors (Lipinski definition) is 1. The van der Waals surface area contributed by atoms with E-state index in [9.17, 15) is 0 Å². The van der Waals surface area contributed by atoms with E-state index < -0.39 is 0 Å². The average Bonchev–Trinajstić information content (AvgIpc) is 2.75. The molecule has 0 unspecified atom stereocenters. The number of ether oxygens (including phenoxy) is 1. The zero-order valence-electron chi connectivity index (χ0n) is 10.3. The van der Waals surface area contributed by atoms with Gasteiger partial charge in [-0.3, -0.25) is 0 Å². The molecule has 2 rings (SSSR count). The van der Waals surface area contributed by atoms with Gasteiger partial charge in [-0.05, 0) is 45.1 Å². The summed E-state index contributed by atoms with van der Waals surface area (Å²) in [7, 11) is 3.68. The number of thiophene rings is 1. The van der Waals surface area contributed by atoms with Gasteiger partial charge in [-0.25, -0.2) is 0 Å². The van der Waals surface area contributed by atoms with E-state index in [-0.39, 0.29) is 0 Å². The van der Waals surface area contributed by atoms with E-state index in [0.717, 1.165) is 16.0 Å². The number of anilines is 2. The molecule has 2 aromatic rings. The summed E-state index contributed by atoms with van der Waals surface area (Å²) in [5.41, 5.74) is 8.84. The van der Waals surface area contributed by atoms with Crippen LogP contribution < -0.4 is 15.4 Å². The topological polar surface area (TPSA) is 38.5 Å². The molecule has 1 aromatic carbocycles. The van der Waals surface area contributed by atoms with Crippen molar-refractivity contribution in [2.45, 2.75) is 6.54 Å². The van der Waals surface area contributed by atoms with Crippen molar-refractivity contribution in [3.05, 3.63) is 39.0 Å². The first-order valence-corrected chi connectivity index (χ1v) is 7.15. The zero-order valence-corrected chi connectivity index (χ0v) is 12.7. The molecule has 0 aliphatic carbocycles. The summed E-state index contributed by atoms with van der Waals surface area (Å²) in [6.07, 6.45) is 0. The minimum Gasteiger partial charge on any atom is -0.495 e. The molecule has 0 radical (unpaired) electrons. The molecule has 18 heavy (non-hydrogen) atoms. The van der Waals surface area contributed by atoms with Crippen molar-refractivity contribution in [2.24, 2.45) is 0 Å². The Labute approximate surface area is 119 Å². The lowest BCUT2D eigenvalue weighted by molar-refractivity contribution is 0.417. The van der Waals surface area contributed by atoms with E-state index in [0.29, 0.717) is 11.4 Å². The molecule has 1 aromatic heterocycles. The predicted octanol–water partition coefficient (Wildman–Crippen LogP) is 3.74. The van der Waals surface area contributed by atoms with Crippen LogP contribution in [0.4, 0.5) is 11.4 Å². The Morgan fingerprint density at radius 1 is 1.39 bits per heavy atom. The third kappa shape index (κ3) is 2.97. The summed E-state index contributed by atoms with van der Waals surface area (Å²) < 4.78 is 6.39. The number of rotatable bonds is 4. The lowest BCUT2D eigenvalue weighted by Gasteiger charge is -2.19. The van der Waals surface area contributed by atoms with Gasteiger partial charge >= 0.3 is 0 Å². The lowest BCUT2D eigenvalue weighted by atomic mass is 10.2. The second-order valence-electron chi connectivity index (χ2n) is 4.04. The van der Waals surface area contributed by atoms with Gasteiger partial charge in [0.1, 0.15) is 5.75 Å². The molecule has 0 saturated heterocycles.